The van der Waals surface area contributed by atoms with Crippen LogP contribution in [0, 0.1) is 11.8 Å². The van der Waals surface area contributed by atoms with E-state index in [4.69, 9.17) is 0 Å². The second kappa shape index (κ2) is 3.65. The van der Waals surface area contributed by atoms with Crippen molar-refractivity contribution in [3.8, 4) is 0 Å². The minimum atomic E-state index is 0.364. The maximum atomic E-state index is 11.2. The van der Waals surface area contributed by atoms with Crippen LogP contribution in [0.2, 0.25) is 0 Å². The fourth-order valence-corrected chi connectivity index (χ4v) is 2.92. The zero-order valence-corrected chi connectivity index (χ0v) is 8.38. The molecule has 0 saturated heterocycles. The molecule has 0 amide bonds. The lowest BCUT2D eigenvalue weighted by molar-refractivity contribution is -0.115. The molecule has 0 spiro atoms. The van der Waals surface area contributed by atoms with Crippen molar-refractivity contribution in [3.05, 3.63) is 11.6 Å². The van der Waals surface area contributed by atoms with E-state index in [1.165, 1.54) is 31.3 Å². The van der Waals surface area contributed by atoms with Crippen LogP contribution < -0.4 is 0 Å². The molecule has 0 aromatic rings. The standard InChI is InChI=1S/C12H18O/c1-2-9-4-3-5-10-8-11(13)6-7-12(9)10/h8-9,12H,2-7H2,1H3. The summed E-state index contributed by atoms with van der Waals surface area (Å²) < 4.78 is 0. The lowest BCUT2D eigenvalue weighted by Gasteiger charge is -2.35. The molecule has 2 aliphatic carbocycles. The van der Waals surface area contributed by atoms with Gasteiger partial charge in [-0.25, -0.2) is 0 Å². The topological polar surface area (TPSA) is 17.1 Å². The summed E-state index contributed by atoms with van der Waals surface area (Å²) in [5.41, 5.74) is 1.47. The first-order chi connectivity index (χ1) is 6.31. The van der Waals surface area contributed by atoms with E-state index in [1.54, 1.807) is 0 Å². The van der Waals surface area contributed by atoms with Crippen molar-refractivity contribution >= 4 is 5.78 Å². The van der Waals surface area contributed by atoms with Gasteiger partial charge in [0.1, 0.15) is 0 Å². The van der Waals surface area contributed by atoms with Crippen molar-refractivity contribution in [2.45, 2.75) is 45.4 Å². The number of carbonyl (C=O) groups is 1. The van der Waals surface area contributed by atoms with Crippen LogP contribution in [0.25, 0.3) is 0 Å². The molecule has 0 N–H and O–H groups in total. The Hall–Kier alpha value is -0.590. The van der Waals surface area contributed by atoms with Gasteiger partial charge < -0.3 is 0 Å². The summed E-state index contributed by atoms with van der Waals surface area (Å²) in [4.78, 5) is 11.2. The predicted octanol–water partition coefficient (Wildman–Crippen LogP) is 3.10. The fourth-order valence-electron chi connectivity index (χ4n) is 2.92. The average molecular weight is 178 g/mol. The molecule has 0 heterocycles. The van der Waals surface area contributed by atoms with Crippen LogP contribution in [0.3, 0.4) is 0 Å². The summed E-state index contributed by atoms with van der Waals surface area (Å²) in [7, 11) is 0. The minimum Gasteiger partial charge on any atom is -0.295 e. The maximum Gasteiger partial charge on any atom is 0.155 e. The Kier molecular flexibility index (Phi) is 2.52. The van der Waals surface area contributed by atoms with Crippen LogP contribution in [0.1, 0.15) is 45.4 Å². The molecule has 2 atom stereocenters. The molecule has 0 radical (unpaired) electrons. The fraction of sp³-hybridized carbons (Fsp3) is 0.750. The molecule has 13 heavy (non-hydrogen) atoms. The normalized spacial score (nSPS) is 33.9. The van der Waals surface area contributed by atoms with Crippen molar-refractivity contribution in [2.75, 3.05) is 0 Å². The van der Waals surface area contributed by atoms with E-state index in [9.17, 15) is 4.79 Å². The van der Waals surface area contributed by atoms with Crippen LogP contribution in [0.4, 0.5) is 0 Å². The van der Waals surface area contributed by atoms with Gasteiger partial charge in [0.15, 0.2) is 5.78 Å². The van der Waals surface area contributed by atoms with E-state index in [-0.39, 0.29) is 0 Å². The third-order valence-electron chi connectivity index (χ3n) is 3.66. The van der Waals surface area contributed by atoms with Gasteiger partial charge in [0.2, 0.25) is 0 Å². The van der Waals surface area contributed by atoms with E-state index in [1.807, 2.05) is 6.08 Å². The second-order valence-electron chi connectivity index (χ2n) is 4.39. The SMILES string of the molecule is CCC1CCCC2=CC(=O)CCC21. The Balaban J connectivity index is 2.17. The molecule has 2 aliphatic rings. The van der Waals surface area contributed by atoms with Gasteiger partial charge in [0.25, 0.3) is 0 Å². The van der Waals surface area contributed by atoms with E-state index >= 15 is 0 Å². The zero-order chi connectivity index (χ0) is 9.26. The van der Waals surface area contributed by atoms with Gasteiger partial charge in [-0.1, -0.05) is 18.9 Å². The molecule has 1 saturated carbocycles. The average Bonchev–Trinajstić information content (AvgIpc) is 2.16. The number of rotatable bonds is 1. The third kappa shape index (κ3) is 1.70. The molecule has 1 fully saturated rings. The summed E-state index contributed by atoms with van der Waals surface area (Å²) in [5, 5.41) is 0. The molecule has 1 heteroatoms. The molecule has 1 nitrogen and oxygen atoms in total. The van der Waals surface area contributed by atoms with Gasteiger partial charge >= 0.3 is 0 Å². The van der Waals surface area contributed by atoms with E-state index in [0.29, 0.717) is 5.78 Å². The summed E-state index contributed by atoms with van der Waals surface area (Å²) in [6.07, 6.45) is 9.02. The van der Waals surface area contributed by atoms with Crippen molar-refractivity contribution in [2.24, 2.45) is 11.8 Å². The predicted molar refractivity (Wildman–Crippen MR) is 53.4 cm³/mol. The molecule has 72 valence electrons. The van der Waals surface area contributed by atoms with Crippen LogP contribution in [-0.4, -0.2) is 5.78 Å². The van der Waals surface area contributed by atoms with Crippen molar-refractivity contribution < 1.29 is 4.79 Å². The van der Waals surface area contributed by atoms with Gasteiger partial charge in [-0.3, -0.25) is 4.79 Å². The molecule has 2 unspecified atom stereocenters. The third-order valence-corrected chi connectivity index (χ3v) is 3.66. The quantitative estimate of drug-likeness (QED) is 0.603. The monoisotopic (exact) mass is 178 g/mol. The number of carbonyl (C=O) groups excluding carboxylic acids is 1. The van der Waals surface area contributed by atoms with Crippen LogP contribution in [0.5, 0.6) is 0 Å². The second-order valence-corrected chi connectivity index (χ2v) is 4.39. The highest BCUT2D eigenvalue weighted by molar-refractivity contribution is 5.91. The van der Waals surface area contributed by atoms with E-state index < -0.39 is 0 Å². The molecular weight excluding hydrogens is 160 g/mol. The molecule has 0 bridgehead atoms. The van der Waals surface area contributed by atoms with Crippen LogP contribution >= 0.6 is 0 Å². The lowest BCUT2D eigenvalue weighted by Crippen LogP contribution is -2.25. The Morgan fingerprint density at radius 3 is 3.00 bits per heavy atom. The van der Waals surface area contributed by atoms with Gasteiger partial charge in [-0.2, -0.15) is 0 Å². The highest BCUT2D eigenvalue weighted by Gasteiger charge is 2.30. The molecular formula is C12H18O. The van der Waals surface area contributed by atoms with Crippen molar-refractivity contribution in [1.29, 1.82) is 0 Å². The minimum absolute atomic E-state index is 0.364. The van der Waals surface area contributed by atoms with E-state index in [0.717, 1.165) is 24.7 Å². The molecule has 0 aliphatic heterocycles. The first-order valence-electron chi connectivity index (χ1n) is 5.54. The highest BCUT2D eigenvalue weighted by atomic mass is 16.1. The van der Waals surface area contributed by atoms with Crippen molar-refractivity contribution in [3.63, 3.8) is 0 Å². The smallest absolute Gasteiger partial charge is 0.155 e. The summed E-state index contributed by atoms with van der Waals surface area (Å²) in [6, 6.07) is 0. The number of ketones is 1. The largest absolute Gasteiger partial charge is 0.295 e. The van der Waals surface area contributed by atoms with Crippen LogP contribution in [-0.2, 0) is 4.79 Å². The Morgan fingerprint density at radius 1 is 1.38 bits per heavy atom. The zero-order valence-electron chi connectivity index (χ0n) is 8.38. The molecule has 0 aromatic carbocycles. The van der Waals surface area contributed by atoms with Gasteiger partial charge in [0.05, 0.1) is 0 Å². The number of allylic oxidation sites excluding steroid dienone is 2. The number of hydrogen-bond acceptors (Lipinski definition) is 1. The maximum absolute atomic E-state index is 11.2. The lowest BCUT2D eigenvalue weighted by atomic mass is 9.70. The van der Waals surface area contributed by atoms with Crippen LogP contribution in [0.15, 0.2) is 11.6 Å². The Morgan fingerprint density at radius 2 is 2.23 bits per heavy atom. The summed E-state index contributed by atoms with van der Waals surface area (Å²) in [5.74, 6) is 1.99. The Bertz CT molecular complexity index is 240. The molecule has 2 rings (SSSR count). The molecule has 0 aromatic heterocycles. The van der Waals surface area contributed by atoms with Gasteiger partial charge in [-0.05, 0) is 43.6 Å². The highest BCUT2D eigenvalue weighted by Crippen LogP contribution is 2.41. The van der Waals surface area contributed by atoms with E-state index in [2.05, 4.69) is 6.92 Å². The summed E-state index contributed by atoms with van der Waals surface area (Å²) >= 11 is 0. The first-order valence-corrected chi connectivity index (χ1v) is 5.54. The number of fused-ring (bicyclic) bond motifs is 1. The summed E-state index contributed by atoms with van der Waals surface area (Å²) in [6.45, 7) is 2.28. The van der Waals surface area contributed by atoms with Crippen molar-refractivity contribution in [1.82, 2.24) is 0 Å². The number of hydrogen-bond donors (Lipinski definition) is 0. The first kappa shape index (κ1) is 8.98. The van der Waals surface area contributed by atoms with Gasteiger partial charge in [-0.15, -0.1) is 0 Å². The Labute approximate surface area is 80.2 Å². The van der Waals surface area contributed by atoms with Gasteiger partial charge in [0, 0.05) is 6.42 Å².